The molecule has 2 fully saturated rings. The van der Waals surface area contributed by atoms with Crippen LogP contribution in [0.4, 0.5) is 0 Å². The number of rotatable bonds is 3. The SMILES string of the molecule is CCCC[C@H]1CCC2C3CCC4=CC(=O)CCC4=C3CC[C@@]21C. The lowest BCUT2D eigenvalue weighted by Gasteiger charge is -2.49. The van der Waals surface area contributed by atoms with E-state index < -0.39 is 0 Å². The molecule has 2 unspecified atom stereocenters. The average molecular weight is 312 g/mol. The molecule has 0 radical (unpaired) electrons. The molecule has 4 rings (SSSR count). The van der Waals surface area contributed by atoms with Crippen molar-refractivity contribution in [3.8, 4) is 0 Å². The van der Waals surface area contributed by atoms with Gasteiger partial charge in [0.1, 0.15) is 0 Å². The third-order valence-corrected chi connectivity index (χ3v) is 7.83. The molecule has 23 heavy (non-hydrogen) atoms. The number of allylic oxidation sites excluding steroid dienone is 4. The monoisotopic (exact) mass is 312 g/mol. The van der Waals surface area contributed by atoms with E-state index in [1.165, 1.54) is 63.4 Å². The number of carbonyl (C=O) groups is 1. The lowest BCUT2D eigenvalue weighted by Crippen LogP contribution is -2.40. The van der Waals surface area contributed by atoms with Gasteiger partial charge in [-0.15, -0.1) is 0 Å². The van der Waals surface area contributed by atoms with Crippen LogP contribution in [0.1, 0.15) is 84.5 Å². The number of hydrogen-bond donors (Lipinski definition) is 0. The molecule has 0 aliphatic heterocycles. The van der Waals surface area contributed by atoms with E-state index in [9.17, 15) is 4.79 Å². The van der Waals surface area contributed by atoms with Crippen LogP contribution in [0, 0.1) is 23.2 Å². The Balaban J connectivity index is 1.62. The summed E-state index contributed by atoms with van der Waals surface area (Å²) in [5.74, 6) is 3.12. The van der Waals surface area contributed by atoms with E-state index in [0.29, 0.717) is 11.2 Å². The molecular formula is C22H32O. The molecule has 1 heteroatoms. The average Bonchev–Trinajstić information content (AvgIpc) is 2.89. The van der Waals surface area contributed by atoms with Gasteiger partial charge in [-0.3, -0.25) is 4.79 Å². The molecule has 0 bridgehead atoms. The van der Waals surface area contributed by atoms with E-state index in [-0.39, 0.29) is 0 Å². The summed E-state index contributed by atoms with van der Waals surface area (Å²) in [7, 11) is 0. The van der Waals surface area contributed by atoms with Crippen molar-refractivity contribution in [3.63, 3.8) is 0 Å². The van der Waals surface area contributed by atoms with Crippen molar-refractivity contribution >= 4 is 5.78 Å². The van der Waals surface area contributed by atoms with Gasteiger partial charge in [0, 0.05) is 6.42 Å². The van der Waals surface area contributed by atoms with Gasteiger partial charge in [0.05, 0.1) is 0 Å². The zero-order chi connectivity index (χ0) is 16.0. The van der Waals surface area contributed by atoms with Crippen molar-refractivity contribution in [1.82, 2.24) is 0 Å². The van der Waals surface area contributed by atoms with Gasteiger partial charge in [-0.05, 0) is 91.8 Å². The molecule has 4 aliphatic rings. The Bertz CT molecular complexity index is 567. The second-order valence-corrected chi connectivity index (χ2v) is 8.81. The molecule has 0 amide bonds. The molecule has 0 aromatic carbocycles. The van der Waals surface area contributed by atoms with Crippen LogP contribution < -0.4 is 0 Å². The first-order valence-electron chi connectivity index (χ1n) is 10.1. The Hall–Kier alpha value is -0.850. The van der Waals surface area contributed by atoms with E-state index in [1.54, 1.807) is 11.1 Å². The van der Waals surface area contributed by atoms with Crippen LogP contribution in [0.25, 0.3) is 0 Å². The molecule has 0 N–H and O–H groups in total. The Labute approximate surface area is 141 Å². The Morgan fingerprint density at radius 3 is 2.83 bits per heavy atom. The summed E-state index contributed by atoms with van der Waals surface area (Å²) >= 11 is 0. The highest BCUT2D eigenvalue weighted by Crippen LogP contribution is 2.62. The van der Waals surface area contributed by atoms with Crippen molar-refractivity contribution in [2.75, 3.05) is 0 Å². The second-order valence-electron chi connectivity index (χ2n) is 8.81. The Morgan fingerprint density at radius 2 is 2.00 bits per heavy atom. The highest BCUT2D eigenvalue weighted by molar-refractivity contribution is 5.93. The summed E-state index contributed by atoms with van der Waals surface area (Å²) in [6.45, 7) is 4.96. The zero-order valence-electron chi connectivity index (χ0n) is 15.0. The fourth-order valence-electron chi connectivity index (χ4n) is 6.56. The van der Waals surface area contributed by atoms with Crippen LogP contribution in [0.15, 0.2) is 22.8 Å². The molecule has 0 aromatic heterocycles. The molecule has 4 aliphatic carbocycles. The van der Waals surface area contributed by atoms with E-state index in [1.807, 2.05) is 6.08 Å². The quantitative estimate of drug-likeness (QED) is 0.624. The summed E-state index contributed by atoms with van der Waals surface area (Å²) in [5.41, 5.74) is 5.43. The molecule has 0 spiro atoms. The normalized spacial score (nSPS) is 39.7. The molecule has 4 atom stereocenters. The zero-order valence-corrected chi connectivity index (χ0v) is 15.0. The smallest absolute Gasteiger partial charge is 0.156 e. The summed E-state index contributed by atoms with van der Waals surface area (Å²) in [5, 5.41) is 0. The maximum absolute atomic E-state index is 11.8. The third-order valence-electron chi connectivity index (χ3n) is 7.83. The van der Waals surface area contributed by atoms with Crippen LogP contribution in [0.5, 0.6) is 0 Å². The van der Waals surface area contributed by atoms with Crippen molar-refractivity contribution in [1.29, 1.82) is 0 Å². The van der Waals surface area contributed by atoms with Crippen molar-refractivity contribution in [2.24, 2.45) is 23.2 Å². The summed E-state index contributed by atoms with van der Waals surface area (Å²) in [4.78, 5) is 11.8. The topological polar surface area (TPSA) is 17.1 Å². The van der Waals surface area contributed by atoms with Crippen molar-refractivity contribution in [2.45, 2.75) is 84.5 Å². The second kappa shape index (κ2) is 5.90. The molecule has 1 nitrogen and oxygen atoms in total. The molecular weight excluding hydrogens is 280 g/mol. The Morgan fingerprint density at radius 1 is 1.13 bits per heavy atom. The first-order valence-corrected chi connectivity index (χ1v) is 10.1. The van der Waals surface area contributed by atoms with Crippen LogP contribution in [-0.2, 0) is 4.79 Å². The van der Waals surface area contributed by atoms with Gasteiger partial charge in [0.25, 0.3) is 0 Å². The standard InChI is InChI=1S/C22H32O/c1-3-4-5-16-7-11-21-20-9-6-15-14-17(23)8-10-18(15)19(20)12-13-22(16,21)2/h14,16,20-21H,3-13H2,1-2H3/t16-,20?,21?,22+/m0/s1. The third kappa shape index (κ3) is 2.46. The van der Waals surface area contributed by atoms with Crippen LogP contribution >= 0.6 is 0 Å². The lowest BCUT2D eigenvalue weighted by molar-refractivity contribution is -0.114. The summed E-state index contributed by atoms with van der Waals surface area (Å²) < 4.78 is 0. The van der Waals surface area contributed by atoms with Gasteiger partial charge in [0.15, 0.2) is 5.78 Å². The van der Waals surface area contributed by atoms with E-state index in [4.69, 9.17) is 0 Å². The number of unbranched alkanes of at least 4 members (excludes halogenated alkanes) is 1. The minimum atomic E-state index is 0.365. The van der Waals surface area contributed by atoms with Crippen LogP contribution in [-0.4, -0.2) is 5.78 Å². The van der Waals surface area contributed by atoms with Gasteiger partial charge >= 0.3 is 0 Å². The molecule has 0 aromatic rings. The number of hydrogen-bond acceptors (Lipinski definition) is 1. The van der Waals surface area contributed by atoms with Gasteiger partial charge in [0.2, 0.25) is 0 Å². The number of fused-ring (bicyclic) bond motifs is 4. The number of carbonyl (C=O) groups excluding carboxylic acids is 1. The number of ketones is 1. The maximum atomic E-state index is 11.8. The van der Waals surface area contributed by atoms with E-state index >= 15 is 0 Å². The van der Waals surface area contributed by atoms with Crippen molar-refractivity contribution in [3.05, 3.63) is 22.8 Å². The van der Waals surface area contributed by atoms with E-state index in [2.05, 4.69) is 13.8 Å². The highest BCUT2D eigenvalue weighted by atomic mass is 16.1. The largest absolute Gasteiger partial charge is 0.295 e. The first kappa shape index (κ1) is 15.7. The maximum Gasteiger partial charge on any atom is 0.156 e. The fraction of sp³-hybridized carbons (Fsp3) is 0.773. The van der Waals surface area contributed by atoms with Crippen LogP contribution in [0.2, 0.25) is 0 Å². The predicted molar refractivity (Wildman–Crippen MR) is 95.2 cm³/mol. The molecule has 2 saturated carbocycles. The predicted octanol–water partition coefficient (Wildman–Crippen LogP) is 6.00. The highest BCUT2D eigenvalue weighted by Gasteiger charge is 2.52. The Kier molecular flexibility index (Phi) is 4.02. The molecule has 0 heterocycles. The molecule has 126 valence electrons. The minimum Gasteiger partial charge on any atom is -0.295 e. The summed E-state index contributed by atoms with van der Waals surface area (Å²) in [6, 6.07) is 0. The van der Waals surface area contributed by atoms with Gasteiger partial charge < -0.3 is 0 Å². The fourth-order valence-corrected chi connectivity index (χ4v) is 6.56. The minimum absolute atomic E-state index is 0.365. The molecule has 0 saturated heterocycles. The lowest BCUT2D eigenvalue weighted by atomic mass is 9.55. The van der Waals surface area contributed by atoms with Gasteiger partial charge in [-0.25, -0.2) is 0 Å². The van der Waals surface area contributed by atoms with Crippen molar-refractivity contribution < 1.29 is 4.79 Å². The first-order chi connectivity index (χ1) is 11.1. The summed E-state index contributed by atoms with van der Waals surface area (Å²) in [6.07, 6.45) is 16.2. The van der Waals surface area contributed by atoms with Gasteiger partial charge in [-0.1, -0.05) is 32.3 Å². The van der Waals surface area contributed by atoms with Gasteiger partial charge in [-0.2, -0.15) is 0 Å². The van der Waals surface area contributed by atoms with Crippen LogP contribution in [0.3, 0.4) is 0 Å². The van der Waals surface area contributed by atoms with E-state index in [0.717, 1.165) is 30.6 Å².